The van der Waals surface area contributed by atoms with Gasteiger partial charge < -0.3 is 5.32 Å². The Balaban J connectivity index is 1.87. The number of thiophene rings is 1. The lowest BCUT2D eigenvalue weighted by atomic mass is 9.98. The molecule has 100 valence electrons. The summed E-state index contributed by atoms with van der Waals surface area (Å²) in [7, 11) is 2.00. The van der Waals surface area contributed by atoms with Crippen LogP contribution in [0.15, 0.2) is 12.1 Å². The molecule has 1 aromatic heterocycles. The van der Waals surface area contributed by atoms with Crippen LogP contribution in [0.4, 0.5) is 0 Å². The molecule has 1 unspecified atom stereocenters. The summed E-state index contributed by atoms with van der Waals surface area (Å²) < 4.78 is 0. The zero-order valence-corrected chi connectivity index (χ0v) is 12.1. The van der Waals surface area contributed by atoms with Crippen molar-refractivity contribution in [3.05, 3.63) is 21.9 Å². The van der Waals surface area contributed by atoms with E-state index >= 15 is 0 Å². The van der Waals surface area contributed by atoms with E-state index in [2.05, 4.69) is 10.2 Å². The van der Waals surface area contributed by atoms with Gasteiger partial charge in [0.05, 0.1) is 11.4 Å². The van der Waals surface area contributed by atoms with Crippen molar-refractivity contribution >= 4 is 17.1 Å². The highest BCUT2D eigenvalue weighted by Crippen LogP contribution is 2.19. The Bertz CT molecular complexity index is 400. The monoisotopic (exact) mass is 266 g/mol. The van der Waals surface area contributed by atoms with Gasteiger partial charge in [-0.15, -0.1) is 11.3 Å². The average molecular weight is 266 g/mol. The quantitative estimate of drug-likeness (QED) is 0.829. The molecule has 1 aromatic rings. The molecule has 1 aliphatic heterocycles. The second kappa shape index (κ2) is 6.45. The number of hydrogen-bond acceptors (Lipinski definition) is 4. The van der Waals surface area contributed by atoms with Crippen molar-refractivity contribution in [1.82, 2.24) is 10.2 Å². The summed E-state index contributed by atoms with van der Waals surface area (Å²) in [6.07, 6.45) is 2.49. The molecule has 0 saturated carbocycles. The summed E-state index contributed by atoms with van der Waals surface area (Å²) in [5, 5.41) is 3.24. The van der Waals surface area contributed by atoms with E-state index in [0.29, 0.717) is 12.5 Å². The van der Waals surface area contributed by atoms with Gasteiger partial charge in [-0.05, 0) is 58.0 Å². The molecule has 2 rings (SSSR count). The summed E-state index contributed by atoms with van der Waals surface area (Å²) in [6.45, 7) is 5.81. The van der Waals surface area contributed by atoms with Crippen molar-refractivity contribution in [3.8, 4) is 0 Å². The Morgan fingerprint density at radius 2 is 2.39 bits per heavy atom. The van der Waals surface area contributed by atoms with Gasteiger partial charge in [-0.25, -0.2) is 0 Å². The molecule has 0 radical (unpaired) electrons. The molecule has 4 heteroatoms. The first kappa shape index (κ1) is 13.7. The van der Waals surface area contributed by atoms with Crippen LogP contribution >= 0.6 is 11.3 Å². The third kappa shape index (κ3) is 3.64. The first-order valence-electron chi connectivity index (χ1n) is 6.65. The van der Waals surface area contributed by atoms with Crippen molar-refractivity contribution in [2.24, 2.45) is 5.92 Å². The normalized spacial score (nSPS) is 21.1. The minimum absolute atomic E-state index is 0.276. The van der Waals surface area contributed by atoms with Gasteiger partial charge in [0.25, 0.3) is 0 Å². The largest absolute Gasteiger partial charge is 0.319 e. The van der Waals surface area contributed by atoms with E-state index in [1.807, 2.05) is 26.1 Å². The molecular formula is C14H22N2OS. The molecule has 0 bridgehead atoms. The number of likely N-dealkylation sites (tertiary alicyclic amines) is 1. The molecule has 18 heavy (non-hydrogen) atoms. The van der Waals surface area contributed by atoms with Gasteiger partial charge in [0.15, 0.2) is 5.78 Å². The average Bonchev–Trinajstić information content (AvgIpc) is 2.77. The van der Waals surface area contributed by atoms with Crippen LogP contribution in [-0.2, 0) is 0 Å². The molecule has 1 saturated heterocycles. The van der Waals surface area contributed by atoms with Crippen LogP contribution in [0.3, 0.4) is 0 Å². The smallest absolute Gasteiger partial charge is 0.186 e. The third-order valence-corrected chi connectivity index (χ3v) is 4.52. The molecular weight excluding hydrogens is 244 g/mol. The van der Waals surface area contributed by atoms with Gasteiger partial charge in [0.1, 0.15) is 0 Å². The summed E-state index contributed by atoms with van der Waals surface area (Å²) in [4.78, 5) is 16.6. The lowest BCUT2D eigenvalue weighted by Gasteiger charge is -2.32. The zero-order chi connectivity index (χ0) is 13.0. The molecule has 0 spiro atoms. The number of carbonyl (C=O) groups is 1. The highest BCUT2D eigenvalue weighted by molar-refractivity contribution is 7.14. The van der Waals surface area contributed by atoms with Gasteiger partial charge in [-0.2, -0.15) is 0 Å². The molecule has 3 nitrogen and oxygen atoms in total. The highest BCUT2D eigenvalue weighted by Gasteiger charge is 2.21. The summed E-state index contributed by atoms with van der Waals surface area (Å²) in [6, 6.07) is 3.98. The van der Waals surface area contributed by atoms with Gasteiger partial charge in [0.2, 0.25) is 0 Å². The Hall–Kier alpha value is -0.710. The Kier molecular flexibility index (Phi) is 4.92. The van der Waals surface area contributed by atoms with Crippen LogP contribution in [0.1, 0.15) is 27.4 Å². The lowest BCUT2D eigenvalue weighted by molar-refractivity contribution is 0.0890. The molecule has 0 amide bonds. The van der Waals surface area contributed by atoms with Crippen molar-refractivity contribution < 1.29 is 4.79 Å². The summed E-state index contributed by atoms with van der Waals surface area (Å²) in [5.41, 5.74) is 0. The van der Waals surface area contributed by atoms with Crippen LogP contribution < -0.4 is 5.32 Å². The fourth-order valence-corrected chi connectivity index (χ4v) is 3.41. The first-order valence-corrected chi connectivity index (χ1v) is 7.47. The maximum Gasteiger partial charge on any atom is 0.186 e. The van der Waals surface area contributed by atoms with Crippen LogP contribution in [-0.4, -0.2) is 43.9 Å². The zero-order valence-electron chi connectivity index (χ0n) is 11.2. The number of aryl methyl sites for hydroxylation is 1. The number of piperidine rings is 1. The van der Waals surface area contributed by atoms with Crippen molar-refractivity contribution in [1.29, 1.82) is 0 Å². The van der Waals surface area contributed by atoms with Gasteiger partial charge in [0, 0.05) is 11.4 Å². The molecule has 1 fully saturated rings. The van der Waals surface area contributed by atoms with Gasteiger partial charge in [-0.1, -0.05) is 0 Å². The second-order valence-corrected chi connectivity index (χ2v) is 6.42. The topological polar surface area (TPSA) is 32.3 Å². The van der Waals surface area contributed by atoms with E-state index in [4.69, 9.17) is 0 Å². The number of rotatable bonds is 5. The molecule has 1 atom stereocenters. The van der Waals surface area contributed by atoms with Gasteiger partial charge in [-0.3, -0.25) is 9.69 Å². The van der Waals surface area contributed by atoms with E-state index in [9.17, 15) is 4.79 Å². The van der Waals surface area contributed by atoms with E-state index in [1.54, 1.807) is 11.3 Å². The molecule has 0 aliphatic carbocycles. The van der Waals surface area contributed by atoms with Crippen LogP contribution in [0, 0.1) is 12.8 Å². The lowest BCUT2D eigenvalue weighted by Crippen LogP contribution is -2.41. The minimum Gasteiger partial charge on any atom is -0.319 e. The third-order valence-electron chi connectivity index (χ3n) is 3.48. The standard InChI is InChI=1S/C14H22N2OS/c1-11-5-6-14(18-11)13(17)10-16-7-3-4-12(9-16)8-15-2/h5-6,12,15H,3-4,7-10H2,1-2H3. The predicted molar refractivity (Wildman–Crippen MR) is 76.5 cm³/mol. The number of hydrogen-bond donors (Lipinski definition) is 1. The molecule has 1 aliphatic rings. The first-order chi connectivity index (χ1) is 8.69. The number of carbonyl (C=O) groups excluding carboxylic acids is 1. The van der Waals surface area contributed by atoms with Crippen molar-refractivity contribution in [2.45, 2.75) is 19.8 Å². The molecule has 1 N–H and O–H groups in total. The Labute approximate surface area is 113 Å². The van der Waals surface area contributed by atoms with Crippen LogP contribution in [0.5, 0.6) is 0 Å². The van der Waals surface area contributed by atoms with Crippen molar-refractivity contribution in [2.75, 3.05) is 33.2 Å². The number of nitrogens with zero attached hydrogens (tertiary/aromatic N) is 1. The second-order valence-electron chi connectivity index (χ2n) is 5.13. The maximum atomic E-state index is 12.1. The highest BCUT2D eigenvalue weighted by atomic mass is 32.1. The van der Waals surface area contributed by atoms with Crippen molar-refractivity contribution in [3.63, 3.8) is 0 Å². The number of ketones is 1. The fourth-order valence-electron chi connectivity index (χ4n) is 2.62. The number of nitrogens with one attached hydrogen (secondary N) is 1. The number of Topliss-reactive ketones (excluding diaryl/α,β-unsaturated/α-hetero) is 1. The Morgan fingerprint density at radius 1 is 1.56 bits per heavy atom. The van der Waals surface area contributed by atoms with E-state index in [-0.39, 0.29) is 5.78 Å². The van der Waals surface area contributed by atoms with E-state index in [0.717, 1.165) is 24.5 Å². The van der Waals surface area contributed by atoms with E-state index < -0.39 is 0 Å². The summed E-state index contributed by atoms with van der Waals surface area (Å²) >= 11 is 1.61. The predicted octanol–water partition coefficient (Wildman–Crippen LogP) is 2.17. The Morgan fingerprint density at radius 3 is 3.06 bits per heavy atom. The van der Waals surface area contributed by atoms with Crippen LogP contribution in [0.2, 0.25) is 0 Å². The van der Waals surface area contributed by atoms with Crippen LogP contribution in [0.25, 0.3) is 0 Å². The fraction of sp³-hybridized carbons (Fsp3) is 0.643. The molecule has 2 heterocycles. The molecule has 0 aromatic carbocycles. The summed E-state index contributed by atoms with van der Waals surface area (Å²) in [5.74, 6) is 0.972. The minimum atomic E-state index is 0.276. The van der Waals surface area contributed by atoms with E-state index in [1.165, 1.54) is 17.7 Å². The van der Waals surface area contributed by atoms with Gasteiger partial charge >= 0.3 is 0 Å². The maximum absolute atomic E-state index is 12.1. The SMILES string of the molecule is CNCC1CCCN(CC(=O)c2ccc(C)s2)C1.